The highest BCUT2D eigenvalue weighted by atomic mass is 32.1. The minimum absolute atomic E-state index is 0.0638. The molecule has 0 aliphatic carbocycles. The van der Waals surface area contributed by atoms with Crippen LogP contribution in [0.4, 0.5) is 0 Å². The molecule has 3 heterocycles. The van der Waals surface area contributed by atoms with Crippen molar-refractivity contribution in [1.29, 1.82) is 0 Å². The van der Waals surface area contributed by atoms with Crippen LogP contribution in [0.3, 0.4) is 0 Å². The Labute approximate surface area is 140 Å². The average Bonchev–Trinajstić information content (AvgIpc) is 3.22. The van der Waals surface area contributed by atoms with E-state index in [1.165, 1.54) is 0 Å². The Hall–Kier alpha value is -1.47. The van der Waals surface area contributed by atoms with E-state index in [-0.39, 0.29) is 17.7 Å². The van der Waals surface area contributed by atoms with Gasteiger partial charge in [-0.05, 0) is 12.8 Å². The molecule has 2 amide bonds. The van der Waals surface area contributed by atoms with Crippen LogP contribution in [0.15, 0.2) is 11.6 Å². The van der Waals surface area contributed by atoms with E-state index in [9.17, 15) is 9.59 Å². The minimum Gasteiger partial charge on any atom is -0.383 e. The largest absolute Gasteiger partial charge is 0.383 e. The lowest BCUT2D eigenvalue weighted by molar-refractivity contribution is -0.137. The Morgan fingerprint density at radius 2 is 2.35 bits per heavy atom. The third-order valence-electron chi connectivity index (χ3n) is 4.66. The van der Waals surface area contributed by atoms with E-state index < -0.39 is 0 Å². The second-order valence-corrected chi connectivity index (χ2v) is 7.15. The zero-order valence-corrected chi connectivity index (χ0v) is 14.3. The van der Waals surface area contributed by atoms with E-state index >= 15 is 0 Å². The molecule has 0 N–H and O–H groups in total. The molecule has 126 valence electrons. The van der Waals surface area contributed by atoms with Crippen molar-refractivity contribution in [3.63, 3.8) is 0 Å². The number of nitrogens with zero attached hydrogens (tertiary/aromatic N) is 3. The molecule has 0 radical (unpaired) electrons. The van der Waals surface area contributed by atoms with Gasteiger partial charge in [0.15, 0.2) is 0 Å². The van der Waals surface area contributed by atoms with Crippen LogP contribution < -0.4 is 0 Å². The summed E-state index contributed by atoms with van der Waals surface area (Å²) < 4.78 is 5.02. The van der Waals surface area contributed by atoms with Crippen molar-refractivity contribution in [3.8, 4) is 0 Å². The predicted molar refractivity (Wildman–Crippen MR) is 87.2 cm³/mol. The molecule has 7 heteroatoms. The number of aromatic nitrogens is 1. The van der Waals surface area contributed by atoms with Gasteiger partial charge in [0, 0.05) is 57.2 Å². The smallest absolute Gasteiger partial charge is 0.228 e. The van der Waals surface area contributed by atoms with Gasteiger partial charge in [0.1, 0.15) is 0 Å². The number of amides is 2. The number of hydrogen-bond acceptors (Lipinski definition) is 5. The van der Waals surface area contributed by atoms with E-state index in [4.69, 9.17) is 4.74 Å². The monoisotopic (exact) mass is 337 g/mol. The lowest BCUT2D eigenvalue weighted by Gasteiger charge is -2.33. The maximum Gasteiger partial charge on any atom is 0.228 e. The van der Waals surface area contributed by atoms with Gasteiger partial charge in [0.2, 0.25) is 11.8 Å². The first-order chi connectivity index (χ1) is 11.2. The molecule has 2 aliphatic rings. The van der Waals surface area contributed by atoms with Crippen LogP contribution >= 0.6 is 11.3 Å². The standard InChI is InChI=1S/C16H23N3O3S/c1-22-7-6-18-11-13(9-14(18)20)16(21)19-5-2-3-12(10-19)15-17-4-8-23-15/h4,8,12-13H,2-3,5-7,9-11H2,1H3. The molecule has 23 heavy (non-hydrogen) atoms. The second-order valence-electron chi connectivity index (χ2n) is 6.23. The minimum atomic E-state index is -0.200. The summed E-state index contributed by atoms with van der Waals surface area (Å²) in [5.41, 5.74) is 0. The van der Waals surface area contributed by atoms with Gasteiger partial charge in [0.25, 0.3) is 0 Å². The molecule has 1 aromatic heterocycles. The number of thiazole rings is 1. The zero-order chi connectivity index (χ0) is 16.2. The maximum atomic E-state index is 12.8. The van der Waals surface area contributed by atoms with Crippen LogP contribution in [-0.2, 0) is 14.3 Å². The third-order valence-corrected chi connectivity index (χ3v) is 5.60. The lowest BCUT2D eigenvalue weighted by Crippen LogP contribution is -2.43. The number of likely N-dealkylation sites (tertiary alicyclic amines) is 2. The van der Waals surface area contributed by atoms with Crippen molar-refractivity contribution in [3.05, 3.63) is 16.6 Å². The quantitative estimate of drug-likeness (QED) is 0.813. The highest BCUT2D eigenvalue weighted by Gasteiger charge is 2.37. The number of hydrogen-bond donors (Lipinski definition) is 0. The molecule has 0 bridgehead atoms. The fraction of sp³-hybridized carbons (Fsp3) is 0.688. The van der Waals surface area contributed by atoms with Crippen molar-refractivity contribution in [2.45, 2.75) is 25.2 Å². The summed E-state index contributed by atoms with van der Waals surface area (Å²) in [6.07, 6.45) is 4.25. The van der Waals surface area contributed by atoms with Crippen molar-refractivity contribution in [2.75, 3.05) is 39.9 Å². The first-order valence-corrected chi connectivity index (χ1v) is 9.02. The number of carbonyl (C=O) groups excluding carboxylic acids is 2. The third kappa shape index (κ3) is 3.72. The van der Waals surface area contributed by atoms with Crippen LogP contribution in [0, 0.1) is 5.92 Å². The van der Waals surface area contributed by atoms with Gasteiger partial charge in [-0.1, -0.05) is 0 Å². The lowest BCUT2D eigenvalue weighted by atomic mass is 9.96. The van der Waals surface area contributed by atoms with Crippen LogP contribution in [0.5, 0.6) is 0 Å². The van der Waals surface area contributed by atoms with Crippen molar-refractivity contribution < 1.29 is 14.3 Å². The van der Waals surface area contributed by atoms with E-state index in [0.29, 0.717) is 32.0 Å². The van der Waals surface area contributed by atoms with Crippen molar-refractivity contribution >= 4 is 23.2 Å². The van der Waals surface area contributed by atoms with Crippen LogP contribution in [0.25, 0.3) is 0 Å². The summed E-state index contributed by atoms with van der Waals surface area (Å²) in [6, 6.07) is 0. The predicted octanol–water partition coefficient (Wildman–Crippen LogP) is 1.34. The van der Waals surface area contributed by atoms with Gasteiger partial charge < -0.3 is 14.5 Å². The SMILES string of the molecule is COCCN1CC(C(=O)N2CCCC(c3nccs3)C2)CC1=O. The molecule has 0 saturated carbocycles. The first-order valence-electron chi connectivity index (χ1n) is 8.14. The molecule has 2 fully saturated rings. The molecule has 1 aromatic rings. The molecule has 3 rings (SSSR count). The topological polar surface area (TPSA) is 62.7 Å². The zero-order valence-electron chi connectivity index (χ0n) is 13.4. The highest BCUT2D eigenvalue weighted by Crippen LogP contribution is 2.30. The van der Waals surface area contributed by atoms with Gasteiger partial charge >= 0.3 is 0 Å². The summed E-state index contributed by atoms with van der Waals surface area (Å²) >= 11 is 1.66. The van der Waals surface area contributed by atoms with E-state index in [0.717, 1.165) is 30.9 Å². The Morgan fingerprint density at radius 3 is 3.09 bits per heavy atom. The summed E-state index contributed by atoms with van der Waals surface area (Å²) in [6.45, 7) is 3.14. The molecular formula is C16H23N3O3S. The van der Waals surface area contributed by atoms with E-state index in [1.807, 2.05) is 16.5 Å². The Kier molecular flexibility index (Phi) is 5.27. The van der Waals surface area contributed by atoms with Crippen LogP contribution in [0.2, 0.25) is 0 Å². The summed E-state index contributed by atoms with van der Waals surface area (Å²) in [5, 5.41) is 3.10. The molecule has 2 unspecified atom stereocenters. The number of carbonyl (C=O) groups is 2. The normalized spacial score (nSPS) is 25.2. The number of rotatable bonds is 5. The molecule has 0 aromatic carbocycles. The Balaban J connectivity index is 1.58. The first kappa shape index (κ1) is 16.4. The van der Waals surface area contributed by atoms with Gasteiger partial charge in [-0.25, -0.2) is 4.98 Å². The second kappa shape index (κ2) is 7.40. The Morgan fingerprint density at radius 1 is 1.48 bits per heavy atom. The maximum absolute atomic E-state index is 12.8. The molecule has 2 atom stereocenters. The summed E-state index contributed by atoms with van der Waals surface area (Å²) in [5.74, 6) is 0.331. The Bertz CT molecular complexity index is 549. The number of methoxy groups -OCH3 is 1. The average molecular weight is 337 g/mol. The molecule has 2 saturated heterocycles. The van der Waals surface area contributed by atoms with E-state index in [1.54, 1.807) is 23.3 Å². The van der Waals surface area contributed by atoms with E-state index in [2.05, 4.69) is 4.98 Å². The van der Waals surface area contributed by atoms with Crippen molar-refractivity contribution in [1.82, 2.24) is 14.8 Å². The fourth-order valence-corrected chi connectivity index (χ4v) is 4.20. The summed E-state index contributed by atoms with van der Waals surface area (Å²) in [7, 11) is 1.62. The highest BCUT2D eigenvalue weighted by molar-refractivity contribution is 7.09. The summed E-state index contributed by atoms with van der Waals surface area (Å²) in [4.78, 5) is 32.9. The molecular weight excluding hydrogens is 314 g/mol. The van der Waals surface area contributed by atoms with Crippen LogP contribution in [-0.4, -0.2) is 66.5 Å². The molecule has 2 aliphatic heterocycles. The van der Waals surface area contributed by atoms with Gasteiger partial charge in [-0.15, -0.1) is 11.3 Å². The molecule has 6 nitrogen and oxygen atoms in total. The van der Waals surface area contributed by atoms with Crippen LogP contribution in [0.1, 0.15) is 30.2 Å². The van der Waals surface area contributed by atoms with Crippen molar-refractivity contribution in [2.24, 2.45) is 5.92 Å². The van der Waals surface area contributed by atoms with Gasteiger partial charge in [-0.2, -0.15) is 0 Å². The van der Waals surface area contributed by atoms with Gasteiger partial charge in [-0.3, -0.25) is 9.59 Å². The molecule has 0 spiro atoms. The fourth-order valence-electron chi connectivity index (χ4n) is 3.43. The number of ether oxygens (including phenoxy) is 1. The van der Waals surface area contributed by atoms with Gasteiger partial charge in [0.05, 0.1) is 17.5 Å². The number of piperidine rings is 1.